The third-order valence-electron chi connectivity index (χ3n) is 3.42. The van der Waals surface area contributed by atoms with Crippen molar-refractivity contribution in [2.24, 2.45) is 7.05 Å². The van der Waals surface area contributed by atoms with Gasteiger partial charge < -0.3 is 9.88 Å². The monoisotopic (exact) mass is 262 g/mol. The lowest BCUT2D eigenvalue weighted by atomic mass is 10.2. The molecule has 0 amide bonds. The maximum atomic E-state index is 4.82. The Morgan fingerprint density at radius 3 is 3.06 bits per heavy atom. The number of nitrogens with zero attached hydrogens (tertiary/aromatic N) is 3. The topological polar surface area (TPSA) is 42.7 Å². The molecule has 1 aliphatic carbocycles. The molecule has 0 bridgehead atoms. The Morgan fingerprint density at radius 1 is 1.50 bits per heavy atom. The summed E-state index contributed by atoms with van der Waals surface area (Å²) in [4.78, 5) is 10.5. The van der Waals surface area contributed by atoms with E-state index in [0.717, 1.165) is 13.0 Å². The molecular weight excluding hydrogens is 244 g/mol. The molecule has 18 heavy (non-hydrogen) atoms. The van der Waals surface area contributed by atoms with Crippen molar-refractivity contribution in [1.29, 1.82) is 0 Å². The molecule has 1 unspecified atom stereocenters. The Balaban J connectivity index is 1.96. The highest BCUT2D eigenvalue weighted by molar-refractivity contribution is 7.11. The normalized spacial score (nSPS) is 15.9. The third kappa shape index (κ3) is 1.97. The summed E-state index contributed by atoms with van der Waals surface area (Å²) in [6.07, 6.45) is 7.40. The van der Waals surface area contributed by atoms with Crippen molar-refractivity contribution >= 4 is 11.3 Å². The van der Waals surface area contributed by atoms with Gasteiger partial charge in [-0.25, -0.2) is 9.97 Å². The number of rotatable bonds is 4. The number of nitrogens with one attached hydrogen (secondary N) is 1. The van der Waals surface area contributed by atoms with Crippen LogP contribution in [0.2, 0.25) is 0 Å². The van der Waals surface area contributed by atoms with Crippen LogP contribution in [0.5, 0.6) is 0 Å². The fourth-order valence-corrected chi connectivity index (χ4v) is 3.74. The summed E-state index contributed by atoms with van der Waals surface area (Å²) in [5, 5.41) is 4.70. The van der Waals surface area contributed by atoms with Gasteiger partial charge in [0.15, 0.2) is 0 Å². The first-order valence-corrected chi connectivity index (χ1v) is 7.29. The molecule has 0 aromatic carbocycles. The van der Waals surface area contributed by atoms with Crippen LogP contribution in [0.25, 0.3) is 0 Å². The summed E-state index contributed by atoms with van der Waals surface area (Å²) in [6.45, 7) is 3.06. The number of hydrogen-bond acceptors (Lipinski definition) is 4. The van der Waals surface area contributed by atoms with Gasteiger partial charge in [-0.2, -0.15) is 0 Å². The van der Waals surface area contributed by atoms with Crippen LogP contribution < -0.4 is 5.32 Å². The number of aromatic nitrogens is 3. The first kappa shape index (κ1) is 11.9. The predicted octanol–water partition coefficient (Wildman–Crippen LogP) is 2.06. The maximum Gasteiger partial charge on any atom is 0.116 e. The first-order valence-electron chi connectivity index (χ1n) is 6.47. The van der Waals surface area contributed by atoms with Gasteiger partial charge in [-0.1, -0.05) is 6.92 Å². The second-order valence-electron chi connectivity index (χ2n) is 4.70. The molecule has 0 fully saturated rings. The molecule has 1 atom stereocenters. The van der Waals surface area contributed by atoms with Gasteiger partial charge in [0, 0.05) is 11.9 Å². The van der Waals surface area contributed by atoms with Crippen molar-refractivity contribution in [3.63, 3.8) is 0 Å². The van der Waals surface area contributed by atoms with Crippen LogP contribution in [0.1, 0.15) is 40.7 Å². The minimum Gasteiger partial charge on any atom is -0.336 e. The van der Waals surface area contributed by atoms with Crippen LogP contribution >= 0.6 is 11.3 Å². The van der Waals surface area contributed by atoms with Crippen molar-refractivity contribution in [2.45, 2.75) is 32.2 Å². The summed E-state index contributed by atoms with van der Waals surface area (Å²) < 4.78 is 2.07. The average molecular weight is 262 g/mol. The first-order chi connectivity index (χ1) is 8.79. The average Bonchev–Trinajstić information content (AvgIpc) is 3.00. The van der Waals surface area contributed by atoms with Gasteiger partial charge in [-0.3, -0.25) is 0 Å². The van der Waals surface area contributed by atoms with Crippen LogP contribution in [0, 0.1) is 0 Å². The van der Waals surface area contributed by atoms with Crippen LogP contribution in [0.3, 0.4) is 0 Å². The SMILES string of the molecule is CCNC(c1nc2c(s1)CCC2)c1cncn1C. The van der Waals surface area contributed by atoms with Gasteiger partial charge in [-0.05, 0) is 25.8 Å². The van der Waals surface area contributed by atoms with Gasteiger partial charge >= 0.3 is 0 Å². The van der Waals surface area contributed by atoms with E-state index in [1.165, 1.54) is 34.1 Å². The van der Waals surface area contributed by atoms with Crippen molar-refractivity contribution in [3.8, 4) is 0 Å². The Morgan fingerprint density at radius 2 is 2.39 bits per heavy atom. The highest BCUT2D eigenvalue weighted by Gasteiger charge is 2.24. The minimum absolute atomic E-state index is 0.179. The van der Waals surface area contributed by atoms with E-state index in [1.54, 1.807) is 0 Å². The van der Waals surface area contributed by atoms with E-state index in [4.69, 9.17) is 4.98 Å². The van der Waals surface area contributed by atoms with E-state index < -0.39 is 0 Å². The summed E-state index contributed by atoms with van der Waals surface area (Å²) in [5.74, 6) is 0. The Labute approximate surface area is 111 Å². The molecule has 5 heteroatoms. The fraction of sp³-hybridized carbons (Fsp3) is 0.538. The zero-order valence-electron chi connectivity index (χ0n) is 10.8. The summed E-state index contributed by atoms with van der Waals surface area (Å²) >= 11 is 1.86. The van der Waals surface area contributed by atoms with Crippen molar-refractivity contribution in [1.82, 2.24) is 19.9 Å². The van der Waals surface area contributed by atoms with Crippen molar-refractivity contribution in [2.75, 3.05) is 6.54 Å². The molecule has 0 saturated heterocycles. The van der Waals surface area contributed by atoms with Crippen LogP contribution in [0.15, 0.2) is 12.5 Å². The predicted molar refractivity (Wildman–Crippen MR) is 72.9 cm³/mol. The molecular formula is C13H18N4S. The van der Waals surface area contributed by atoms with E-state index in [9.17, 15) is 0 Å². The summed E-state index contributed by atoms with van der Waals surface area (Å²) in [5.41, 5.74) is 2.50. The van der Waals surface area contributed by atoms with Gasteiger partial charge in [-0.15, -0.1) is 11.3 Å². The lowest BCUT2D eigenvalue weighted by Crippen LogP contribution is -2.23. The van der Waals surface area contributed by atoms with E-state index in [2.05, 4.69) is 21.8 Å². The van der Waals surface area contributed by atoms with Gasteiger partial charge in [0.1, 0.15) is 11.0 Å². The number of imidazole rings is 1. The number of hydrogen-bond donors (Lipinski definition) is 1. The zero-order valence-corrected chi connectivity index (χ0v) is 11.6. The molecule has 0 aliphatic heterocycles. The minimum atomic E-state index is 0.179. The quantitative estimate of drug-likeness (QED) is 0.917. The molecule has 4 nitrogen and oxygen atoms in total. The lowest BCUT2D eigenvalue weighted by Gasteiger charge is -2.15. The summed E-state index contributed by atoms with van der Waals surface area (Å²) in [6, 6.07) is 0.179. The number of thiazole rings is 1. The Kier molecular flexibility index (Phi) is 3.18. The lowest BCUT2D eigenvalue weighted by molar-refractivity contribution is 0.589. The molecule has 3 rings (SSSR count). The Hall–Kier alpha value is -1.20. The largest absolute Gasteiger partial charge is 0.336 e. The highest BCUT2D eigenvalue weighted by Crippen LogP contribution is 2.32. The molecule has 1 N–H and O–H groups in total. The molecule has 2 aromatic heterocycles. The molecule has 96 valence electrons. The van der Waals surface area contributed by atoms with Crippen molar-refractivity contribution < 1.29 is 0 Å². The third-order valence-corrected chi connectivity index (χ3v) is 4.64. The molecule has 0 spiro atoms. The van der Waals surface area contributed by atoms with Crippen LogP contribution in [-0.2, 0) is 19.9 Å². The fourth-order valence-electron chi connectivity index (χ4n) is 2.50. The number of aryl methyl sites for hydroxylation is 3. The molecule has 1 aliphatic rings. The van der Waals surface area contributed by atoms with E-state index >= 15 is 0 Å². The van der Waals surface area contributed by atoms with Gasteiger partial charge in [0.25, 0.3) is 0 Å². The van der Waals surface area contributed by atoms with Crippen molar-refractivity contribution in [3.05, 3.63) is 33.8 Å². The van der Waals surface area contributed by atoms with E-state index in [1.807, 2.05) is 30.9 Å². The molecule has 2 heterocycles. The van der Waals surface area contributed by atoms with Gasteiger partial charge in [0.2, 0.25) is 0 Å². The zero-order chi connectivity index (χ0) is 12.5. The highest BCUT2D eigenvalue weighted by atomic mass is 32.1. The van der Waals surface area contributed by atoms with Crippen LogP contribution in [0.4, 0.5) is 0 Å². The maximum absolute atomic E-state index is 4.82. The molecule has 0 saturated carbocycles. The van der Waals surface area contributed by atoms with Crippen LogP contribution in [-0.4, -0.2) is 21.1 Å². The standard InChI is InChI=1S/C13H18N4S/c1-3-15-12(10-7-14-8-17(10)2)13-16-9-5-4-6-11(9)18-13/h7-8,12,15H,3-6H2,1-2H3. The Bertz CT molecular complexity index is 521. The molecule has 0 radical (unpaired) electrons. The second-order valence-corrected chi connectivity index (χ2v) is 5.81. The molecule has 2 aromatic rings. The van der Waals surface area contributed by atoms with E-state index in [-0.39, 0.29) is 6.04 Å². The number of fused-ring (bicyclic) bond motifs is 1. The smallest absolute Gasteiger partial charge is 0.116 e. The van der Waals surface area contributed by atoms with Gasteiger partial charge in [0.05, 0.1) is 23.9 Å². The summed E-state index contributed by atoms with van der Waals surface area (Å²) in [7, 11) is 2.04. The van der Waals surface area contributed by atoms with E-state index in [0.29, 0.717) is 0 Å². The second kappa shape index (κ2) is 4.82.